The fourth-order valence-electron chi connectivity index (χ4n) is 1.29. The van der Waals surface area contributed by atoms with Gasteiger partial charge in [-0.05, 0) is 35.4 Å². The summed E-state index contributed by atoms with van der Waals surface area (Å²) in [5.41, 5.74) is 3.70. The van der Waals surface area contributed by atoms with Crippen molar-refractivity contribution in [1.29, 1.82) is 0 Å². The summed E-state index contributed by atoms with van der Waals surface area (Å²) < 4.78 is 0. The van der Waals surface area contributed by atoms with Crippen molar-refractivity contribution in [3.8, 4) is 0 Å². The first-order valence-electron chi connectivity index (χ1n) is 5.14. The summed E-state index contributed by atoms with van der Waals surface area (Å²) in [6, 6.07) is 5.91. The van der Waals surface area contributed by atoms with Crippen LogP contribution in [0.3, 0.4) is 0 Å². The molecule has 5 heteroatoms. The summed E-state index contributed by atoms with van der Waals surface area (Å²) in [4.78, 5) is 13.6. The first-order valence-corrected chi connectivity index (χ1v) is 6.90. The van der Waals surface area contributed by atoms with Gasteiger partial charge in [0.2, 0.25) is 5.91 Å². The normalized spacial score (nSPS) is 10.9. The van der Waals surface area contributed by atoms with E-state index in [2.05, 4.69) is 10.5 Å². The minimum Gasteiger partial charge on any atom is -0.273 e. The van der Waals surface area contributed by atoms with Crippen LogP contribution in [-0.2, 0) is 11.2 Å². The Bertz CT molecular complexity index is 514. The van der Waals surface area contributed by atoms with Crippen LogP contribution in [0, 0.1) is 6.92 Å². The lowest BCUT2D eigenvalue weighted by Crippen LogP contribution is -2.19. The molecule has 0 bridgehead atoms. The third kappa shape index (κ3) is 3.51. The van der Waals surface area contributed by atoms with E-state index in [1.54, 1.807) is 28.9 Å². The van der Waals surface area contributed by atoms with Gasteiger partial charge < -0.3 is 0 Å². The Morgan fingerprint density at radius 1 is 1.41 bits per heavy atom. The van der Waals surface area contributed by atoms with Crippen molar-refractivity contribution in [3.63, 3.8) is 0 Å². The number of amides is 1. The predicted octanol–water partition coefficient (Wildman–Crippen LogP) is 2.81. The molecule has 2 aromatic heterocycles. The number of aryl methyl sites for hydroxylation is 1. The number of hydrogen-bond donors (Lipinski definition) is 1. The zero-order valence-corrected chi connectivity index (χ0v) is 11.0. The van der Waals surface area contributed by atoms with E-state index in [4.69, 9.17) is 0 Å². The molecule has 1 N–H and O–H groups in total. The molecule has 0 unspecified atom stereocenters. The molecule has 3 nitrogen and oxygen atoms in total. The molecule has 0 aliphatic carbocycles. The molecular weight excluding hydrogens is 252 g/mol. The monoisotopic (exact) mass is 264 g/mol. The molecule has 2 heterocycles. The molecule has 17 heavy (non-hydrogen) atoms. The third-order valence-electron chi connectivity index (χ3n) is 2.19. The fraction of sp³-hybridized carbons (Fsp3) is 0.167. The van der Waals surface area contributed by atoms with Crippen LogP contribution >= 0.6 is 22.7 Å². The van der Waals surface area contributed by atoms with Crippen LogP contribution in [0.25, 0.3) is 0 Å². The second-order valence-electron chi connectivity index (χ2n) is 3.52. The topological polar surface area (TPSA) is 41.5 Å². The maximum Gasteiger partial charge on any atom is 0.245 e. The molecule has 0 spiro atoms. The van der Waals surface area contributed by atoms with Gasteiger partial charge in [-0.15, -0.1) is 22.7 Å². The molecule has 2 aromatic rings. The van der Waals surface area contributed by atoms with Gasteiger partial charge in [0, 0.05) is 9.75 Å². The van der Waals surface area contributed by atoms with Crippen LogP contribution in [0.5, 0.6) is 0 Å². The van der Waals surface area contributed by atoms with Gasteiger partial charge in [0.25, 0.3) is 0 Å². The van der Waals surface area contributed by atoms with E-state index >= 15 is 0 Å². The summed E-state index contributed by atoms with van der Waals surface area (Å²) in [5, 5.41) is 7.91. The second kappa shape index (κ2) is 5.75. The third-order valence-corrected chi connectivity index (χ3v) is 4.02. The summed E-state index contributed by atoms with van der Waals surface area (Å²) in [6.07, 6.45) is 2.07. The van der Waals surface area contributed by atoms with Gasteiger partial charge in [0.05, 0.1) is 12.6 Å². The van der Waals surface area contributed by atoms with Gasteiger partial charge in [-0.25, -0.2) is 5.43 Å². The lowest BCUT2D eigenvalue weighted by molar-refractivity contribution is -0.120. The molecule has 88 valence electrons. The van der Waals surface area contributed by atoms with E-state index in [1.807, 2.05) is 35.9 Å². The lowest BCUT2D eigenvalue weighted by atomic mass is 10.3. The lowest BCUT2D eigenvalue weighted by Gasteiger charge is -1.96. The minimum absolute atomic E-state index is 0.0853. The molecule has 0 aromatic carbocycles. The van der Waals surface area contributed by atoms with Crippen LogP contribution in [-0.4, -0.2) is 12.1 Å². The largest absolute Gasteiger partial charge is 0.273 e. The van der Waals surface area contributed by atoms with Crippen LogP contribution in [0.15, 0.2) is 34.1 Å². The highest BCUT2D eigenvalue weighted by Crippen LogP contribution is 2.12. The summed E-state index contributed by atoms with van der Waals surface area (Å²) >= 11 is 3.18. The van der Waals surface area contributed by atoms with E-state index in [1.165, 1.54) is 5.56 Å². The maximum absolute atomic E-state index is 11.5. The minimum atomic E-state index is -0.0853. The number of hydrogen-bond acceptors (Lipinski definition) is 4. The Morgan fingerprint density at radius 2 is 2.29 bits per heavy atom. The quantitative estimate of drug-likeness (QED) is 0.669. The van der Waals surface area contributed by atoms with Gasteiger partial charge in [-0.2, -0.15) is 5.10 Å². The number of nitrogens with zero attached hydrogens (tertiary/aromatic N) is 1. The van der Waals surface area contributed by atoms with Crippen LogP contribution in [0.4, 0.5) is 0 Å². The average Bonchev–Trinajstić information content (AvgIpc) is 2.91. The standard InChI is InChI=1S/C12H12N2OS2/c1-9-4-6-17-11(9)8-13-14-12(15)7-10-3-2-5-16-10/h2-6,8H,7H2,1H3,(H,14,15). The van der Waals surface area contributed by atoms with Crippen molar-refractivity contribution in [3.05, 3.63) is 44.3 Å². The van der Waals surface area contributed by atoms with Crippen molar-refractivity contribution in [1.82, 2.24) is 5.43 Å². The van der Waals surface area contributed by atoms with Crippen molar-refractivity contribution in [2.24, 2.45) is 5.10 Å². The average molecular weight is 264 g/mol. The first-order chi connectivity index (χ1) is 8.25. The number of carbonyl (C=O) groups excluding carboxylic acids is 1. The van der Waals surface area contributed by atoms with E-state index < -0.39 is 0 Å². The Hall–Kier alpha value is -1.46. The molecule has 1 amide bonds. The van der Waals surface area contributed by atoms with Crippen molar-refractivity contribution >= 4 is 34.8 Å². The van der Waals surface area contributed by atoms with Crippen molar-refractivity contribution < 1.29 is 4.79 Å². The highest BCUT2D eigenvalue weighted by atomic mass is 32.1. The molecule has 0 fully saturated rings. The molecule has 0 saturated heterocycles. The summed E-state index contributed by atoms with van der Waals surface area (Å²) in [5.74, 6) is -0.0853. The number of nitrogens with one attached hydrogen (secondary N) is 1. The Labute approximate surface area is 108 Å². The zero-order chi connectivity index (χ0) is 12.1. The Morgan fingerprint density at radius 3 is 2.94 bits per heavy atom. The molecular formula is C12H12N2OS2. The van der Waals surface area contributed by atoms with E-state index in [9.17, 15) is 4.79 Å². The highest BCUT2D eigenvalue weighted by molar-refractivity contribution is 7.11. The van der Waals surface area contributed by atoms with Crippen LogP contribution in [0.1, 0.15) is 15.3 Å². The highest BCUT2D eigenvalue weighted by Gasteiger charge is 2.02. The van der Waals surface area contributed by atoms with Crippen molar-refractivity contribution in [2.45, 2.75) is 13.3 Å². The van der Waals surface area contributed by atoms with Gasteiger partial charge in [-0.3, -0.25) is 4.79 Å². The molecule has 2 rings (SSSR count). The Kier molecular flexibility index (Phi) is 4.06. The number of thiophene rings is 2. The van der Waals surface area contributed by atoms with Crippen LogP contribution < -0.4 is 5.43 Å². The zero-order valence-electron chi connectivity index (χ0n) is 9.34. The molecule has 0 radical (unpaired) electrons. The number of carbonyl (C=O) groups is 1. The summed E-state index contributed by atoms with van der Waals surface area (Å²) in [6.45, 7) is 2.02. The molecule has 0 atom stereocenters. The fourth-order valence-corrected chi connectivity index (χ4v) is 2.78. The van der Waals surface area contributed by atoms with Gasteiger partial charge in [-0.1, -0.05) is 6.07 Å². The predicted molar refractivity (Wildman–Crippen MR) is 72.8 cm³/mol. The SMILES string of the molecule is Cc1ccsc1C=NNC(=O)Cc1cccs1. The molecule has 0 aliphatic heterocycles. The maximum atomic E-state index is 11.5. The Balaban J connectivity index is 1.84. The molecule has 0 saturated carbocycles. The first kappa shape index (κ1) is 12.0. The molecule has 0 aliphatic rings. The van der Waals surface area contributed by atoms with Crippen molar-refractivity contribution in [2.75, 3.05) is 0 Å². The van der Waals surface area contributed by atoms with Gasteiger partial charge in [0.15, 0.2) is 0 Å². The van der Waals surface area contributed by atoms with Gasteiger partial charge >= 0.3 is 0 Å². The van der Waals surface area contributed by atoms with Crippen LogP contribution in [0.2, 0.25) is 0 Å². The summed E-state index contributed by atoms with van der Waals surface area (Å²) in [7, 11) is 0. The second-order valence-corrected chi connectivity index (χ2v) is 5.50. The van der Waals surface area contributed by atoms with Gasteiger partial charge in [0.1, 0.15) is 0 Å². The smallest absolute Gasteiger partial charge is 0.245 e. The number of hydrazone groups is 1. The van der Waals surface area contributed by atoms with E-state index in [0.717, 1.165) is 9.75 Å². The van der Waals surface area contributed by atoms with E-state index in [-0.39, 0.29) is 5.91 Å². The number of rotatable bonds is 4. The van der Waals surface area contributed by atoms with E-state index in [0.29, 0.717) is 6.42 Å².